The Balaban J connectivity index is 1.74. The number of aryl methyl sites for hydroxylation is 3. The summed E-state index contributed by atoms with van der Waals surface area (Å²) in [5, 5.41) is 3.45. The third-order valence-electron chi connectivity index (χ3n) is 3.20. The van der Waals surface area contributed by atoms with E-state index in [1.165, 1.54) is 10.6 Å². The van der Waals surface area contributed by atoms with Gasteiger partial charge in [0.2, 0.25) is 5.95 Å². The van der Waals surface area contributed by atoms with Gasteiger partial charge < -0.3 is 5.32 Å². The molecule has 0 aromatic carbocycles. The lowest BCUT2D eigenvalue weighted by molar-refractivity contribution is 0.605. The molecule has 1 aliphatic carbocycles. The Hall–Kier alpha value is -1.49. The lowest BCUT2D eigenvalue weighted by Gasteiger charge is -2.22. The van der Waals surface area contributed by atoms with Gasteiger partial charge in [-0.2, -0.15) is 0 Å². The first kappa shape index (κ1) is 11.6. The van der Waals surface area contributed by atoms with Crippen LogP contribution in [-0.2, 0) is 12.8 Å². The number of anilines is 1. The number of nitrogens with zero attached hydrogens (tertiary/aromatic N) is 3. The molecule has 0 unspecified atom stereocenters. The van der Waals surface area contributed by atoms with Crippen LogP contribution in [0.25, 0.3) is 0 Å². The van der Waals surface area contributed by atoms with Crippen molar-refractivity contribution in [2.45, 2.75) is 39.2 Å². The van der Waals surface area contributed by atoms with E-state index in [9.17, 15) is 0 Å². The first-order valence-electron chi connectivity index (χ1n) is 6.21. The van der Waals surface area contributed by atoms with Crippen molar-refractivity contribution in [3.8, 4) is 0 Å². The van der Waals surface area contributed by atoms with E-state index in [-0.39, 0.29) is 0 Å². The summed E-state index contributed by atoms with van der Waals surface area (Å²) in [6.45, 7) is 4.00. The molecule has 5 heteroatoms. The monoisotopic (exact) mass is 260 g/mol. The Morgan fingerprint density at radius 2 is 2.06 bits per heavy atom. The summed E-state index contributed by atoms with van der Waals surface area (Å²) in [5.74, 6) is 0.755. The number of rotatable bonds is 2. The number of aromatic nitrogens is 3. The molecule has 1 atom stereocenters. The summed E-state index contributed by atoms with van der Waals surface area (Å²) in [6, 6.07) is 2.42. The number of hydrogen-bond donors (Lipinski definition) is 1. The molecule has 2 heterocycles. The minimum Gasteiger partial charge on any atom is -0.351 e. The molecule has 0 radical (unpaired) electrons. The van der Waals surface area contributed by atoms with Gasteiger partial charge in [-0.25, -0.2) is 15.0 Å². The number of thiazole rings is 1. The smallest absolute Gasteiger partial charge is 0.223 e. The highest BCUT2D eigenvalue weighted by atomic mass is 32.1. The fourth-order valence-corrected chi connectivity index (χ4v) is 3.29. The fourth-order valence-electron chi connectivity index (χ4n) is 2.40. The minimum atomic E-state index is 0.430. The first-order valence-corrected chi connectivity index (χ1v) is 7.09. The predicted molar refractivity (Wildman–Crippen MR) is 73.1 cm³/mol. The molecule has 18 heavy (non-hydrogen) atoms. The Kier molecular flexibility index (Phi) is 2.99. The molecule has 1 aliphatic rings. The topological polar surface area (TPSA) is 50.7 Å². The quantitative estimate of drug-likeness (QED) is 0.901. The van der Waals surface area contributed by atoms with Crippen molar-refractivity contribution < 1.29 is 0 Å². The summed E-state index contributed by atoms with van der Waals surface area (Å²) in [5.41, 5.74) is 5.25. The molecule has 0 saturated heterocycles. The maximum atomic E-state index is 4.44. The molecule has 4 nitrogen and oxygen atoms in total. The second-order valence-electron chi connectivity index (χ2n) is 4.78. The van der Waals surface area contributed by atoms with Crippen molar-refractivity contribution in [2.24, 2.45) is 0 Å². The molecule has 0 aliphatic heterocycles. The third-order valence-corrected chi connectivity index (χ3v) is 4.10. The van der Waals surface area contributed by atoms with E-state index >= 15 is 0 Å². The molecular weight excluding hydrogens is 244 g/mol. The van der Waals surface area contributed by atoms with Crippen molar-refractivity contribution in [3.05, 3.63) is 33.5 Å². The standard InChI is InChI=1S/C13H16N4S/c1-8-5-9(2)16-13(15-8)17-10-3-4-11-12(6-10)18-7-14-11/h5,7,10H,3-4,6H2,1-2H3,(H,15,16,17)/t10-/m0/s1. The molecule has 0 saturated carbocycles. The van der Waals surface area contributed by atoms with Gasteiger partial charge in [0.25, 0.3) is 0 Å². The van der Waals surface area contributed by atoms with Crippen molar-refractivity contribution >= 4 is 17.3 Å². The molecule has 1 N–H and O–H groups in total. The first-order chi connectivity index (χ1) is 8.70. The van der Waals surface area contributed by atoms with Crippen LogP contribution in [0.15, 0.2) is 11.6 Å². The van der Waals surface area contributed by atoms with E-state index in [1.54, 1.807) is 11.3 Å². The van der Waals surface area contributed by atoms with Gasteiger partial charge >= 0.3 is 0 Å². The van der Waals surface area contributed by atoms with E-state index < -0.39 is 0 Å². The van der Waals surface area contributed by atoms with Crippen molar-refractivity contribution in [3.63, 3.8) is 0 Å². The van der Waals surface area contributed by atoms with Crippen molar-refractivity contribution in [2.75, 3.05) is 5.32 Å². The zero-order chi connectivity index (χ0) is 12.5. The van der Waals surface area contributed by atoms with Crippen LogP contribution >= 0.6 is 11.3 Å². The Morgan fingerprint density at radius 1 is 1.28 bits per heavy atom. The Labute approximate surface area is 111 Å². The van der Waals surface area contributed by atoms with Crippen LogP contribution in [0.5, 0.6) is 0 Å². The Morgan fingerprint density at radius 3 is 2.83 bits per heavy atom. The van der Waals surface area contributed by atoms with Gasteiger partial charge in [-0.1, -0.05) is 0 Å². The summed E-state index contributed by atoms with van der Waals surface area (Å²) in [4.78, 5) is 14.7. The molecule has 0 spiro atoms. The van der Waals surface area contributed by atoms with Crippen LogP contribution in [0, 0.1) is 13.8 Å². The second kappa shape index (κ2) is 4.65. The summed E-state index contributed by atoms with van der Waals surface area (Å²) >= 11 is 1.75. The zero-order valence-corrected chi connectivity index (χ0v) is 11.4. The average molecular weight is 260 g/mol. The molecule has 0 fully saturated rings. The van der Waals surface area contributed by atoms with E-state index in [1.807, 2.05) is 25.4 Å². The third kappa shape index (κ3) is 2.36. The van der Waals surface area contributed by atoms with Crippen LogP contribution in [0.2, 0.25) is 0 Å². The summed E-state index contributed by atoms with van der Waals surface area (Å²) in [6.07, 6.45) is 3.20. The van der Waals surface area contributed by atoms with E-state index in [4.69, 9.17) is 0 Å². The molecule has 0 bridgehead atoms. The van der Waals surface area contributed by atoms with Gasteiger partial charge in [-0.3, -0.25) is 0 Å². The highest BCUT2D eigenvalue weighted by molar-refractivity contribution is 7.09. The lowest BCUT2D eigenvalue weighted by Crippen LogP contribution is -2.27. The van der Waals surface area contributed by atoms with Gasteiger partial charge in [0.1, 0.15) is 0 Å². The Bertz CT molecular complexity index is 544. The van der Waals surface area contributed by atoms with Gasteiger partial charge in [0.05, 0.1) is 11.2 Å². The van der Waals surface area contributed by atoms with Crippen LogP contribution in [0.1, 0.15) is 28.4 Å². The van der Waals surface area contributed by atoms with Crippen LogP contribution in [0.3, 0.4) is 0 Å². The van der Waals surface area contributed by atoms with Gasteiger partial charge in [0.15, 0.2) is 0 Å². The highest BCUT2D eigenvalue weighted by Crippen LogP contribution is 2.25. The normalized spacial score (nSPS) is 18.4. The van der Waals surface area contributed by atoms with Crippen LogP contribution in [0.4, 0.5) is 5.95 Å². The van der Waals surface area contributed by atoms with Gasteiger partial charge in [-0.05, 0) is 32.8 Å². The van der Waals surface area contributed by atoms with Gasteiger partial charge in [0, 0.05) is 28.7 Å². The maximum absolute atomic E-state index is 4.44. The molecule has 94 valence electrons. The summed E-state index contributed by atoms with van der Waals surface area (Å²) in [7, 11) is 0. The average Bonchev–Trinajstić information content (AvgIpc) is 2.74. The molecule has 0 amide bonds. The molecule has 2 aromatic rings. The molecule has 2 aromatic heterocycles. The molecule has 3 rings (SSSR count). The van der Waals surface area contributed by atoms with Crippen LogP contribution < -0.4 is 5.32 Å². The summed E-state index contributed by atoms with van der Waals surface area (Å²) < 4.78 is 0. The maximum Gasteiger partial charge on any atom is 0.223 e. The minimum absolute atomic E-state index is 0.430. The van der Waals surface area contributed by atoms with Crippen LogP contribution in [-0.4, -0.2) is 21.0 Å². The SMILES string of the molecule is Cc1cc(C)nc(N[C@H]2CCc3ncsc3C2)n1. The number of fused-ring (bicyclic) bond motifs is 1. The van der Waals surface area contributed by atoms with E-state index in [0.717, 1.165) is 36.6 Å². The largest absolute Gasteiger partial charge is 0.351 e. The number of nitrogens with one attached hydrogen (secondary N) is 1. The predicted octanol–water partition coefficient (Wildman–Crippen LogP) is 2.52. The highest BCUT2D eigenvalue weighted by Gasteiger charge is 2.21. The van der Waals surface area contributed by atoms with E-state index in [0.29, 0.717) is 6.04 Å². The lowest BCUT2D eigenvalue weighted by atomic mass is 9.98. The van der Waals surface area contributed by atoms with Gasteiger partial charge in [-0.15, -0.1) is 11.3 Å². The van der Waals surface area contributed by atoms with Crippen molar-refractivity contribution in [1.29, 1.82) is 0 Å². The fraction of sp³-hybridized carbons (Fsp3) is 0.462. The zero-order valence-electron chi connectivity index (χ0n) is 10.6. The number of hydrogen-bond acceptors (Lipinski definition) is 5. The second-order valence-corrected chi connectivity index (χ2v) is 5.72. The van der Waals surface area contributed by atoms with E-state index in [2.05, 4.69) is 20.3 Å². The molecular formula is C13H16N4S. The van der Waals surface area contributed by atoms with Crippen molar-refractivity contribution in [1.82, 2.24) is 15.0 Å².